The molecule has 1 atom stereocenters. The second-order valence-electron chi connectivity index (χ2n) is 9.08. The molecular formula is C28H26N4O4. The van der Waals surface area contributed by atoms with Gasteiger partial charge in [0.15, 0.2) is 11.5 Å². The van der Waals surface area contributed by atoms with Gasteiger partial charge in [-0.1, -0.05) is 35.9 Å². The lowest BCUT2D eigenvalue weighted by molar-refractivity contribution is -0.128. The minimum absolute atomic E-state index is 0.0144. The van der Waals surface area contributed by atoms with Gasteiger partial charge in [0.1, 0.15) is 18.1 Å². The number of amides is 1. The van der Waals surface area contributed by atoms with Gasteiger partial charge in [-0.05, 0) is 49.1 Å². The van der Waals surface area contributed by atoms with Crippen LogP contribution in [0.25, 0.3) is 28.2 Å². The van der Waals surface area contributed by atoms with Crippen LogP contribution in [0.5, 0.6) is 17.4 Å². The van der Waals surface area contributed by atoms with Crippen molar-refractivity contribution in [3.63, 3.8) is 0 Å². The van der Waals surface area contributed by atoms with Gasteiger partial charge in [-0.3, -0.25) is 4.79 Å². The Morgan fingerprint density at radius 1 is 1.14 bits per heavy atom. The largest absolute Gasteiger partial charge is 0.472 e. The van der Waals surface area contributed by atoms with Gasteiger partial charge in [0.2, 0.25) is 18.6 Å². The number of carbonyl (C=O) groups excluding carboxylic acids is 1. The molecule has 2 aromatic carbocycles. The van der Waals surface area contributed by atoms with Crippen LogP contribution in [0.4, 0.5) is 0 Å². The number of rotatable bonds is 5. The molecule has 0 bridgehead atoms. The highest BCUT2D eigenvalue weighted by Gasteiger charge is 2.26. The zero-order valence-electron chi connectivity index (χ0n) is 19.9. The average Bonchev–Trinajstić information content (AvgIpc) is 3.55. The van der Waals surface area contributed by atoms with Crippen molar-refractivity contribution in [2.24, 2.45) is 0 Å². The van der Waals surface area contributed by atoms with E-state index in [4.69, 9.17) is 14.2 Å². The van der Waals surface area contributed by atoms with E-state index in [1.165, 1.54) is 11.9 Å². The molecule has 0 unspecified atom stereocenters. The smallest absolute Gasteiger partial charge is 0.246 e. The Bertz CT molecular complexity index is 1440. The van der Waals surface area contributed by atoms with Crippen molar-refractivity contribution < 1.29 is 19.0 Å². The van der Waals surface area contributed by atoms with Crippen LogP contribution in [0.3, 0.4) is 0 Å². The number of hydrogen-bond donors (Lipinski definition) is 1. The van der Waals surface area contributed by atoms with Crippen LogP contribution in [0.2, 0.25) is 0 Å². The highest BCUT2D eigenvalue weighted by atomic mass is 16.7. The van der Waals surface area contributed by atoms with Crippen molar-refractivity contribution in [2.45, 2.75) is 25.9 Å². The Labute approximate surface area is 208 Å². The molecule has 8 heteroatoms. The second-order valence-corrected chi connectivity index (χ2v) is 9.08. The van der Waals surface area contributed by atoms with E-state index in [2.05, 4.69) is 15.0 Å². The van der Waals surface area contributed by atoms with Gasteiger partial charge >= 0.3 is 0 Å². The van der Waals surface area contributed by atoms with Crippen LogP contribution in [0, 0.1) is 6.92 Å². The fraction of sp³-hybridized carbons (Fsp3) is 0.250. The highest BCUT2D eigenvalue weighted by molar-refractivity contribution is 5.97. The standard InChI is InChI=1S/C28H26N4O4/c1-18-4-6-19(7-5-18)8-11-25(33)32-12-2-3-21(15-32)36-28-26-22(14-29-27(26)30-16-31-28)20-9-10-23-24(13-20)35-17-34-23/h4-11,13-14,16,21H,2-3,12,15,17H2,1H3,(H,29,30,31)/b11-8+/t21-/m1/s1. The molecule has 1 saturated heterocycles. The number of aromatic nitrogens is 3. The molecule has 0 saturated carbocycles. The van der Waals surface area contributed by atoms with Crippen LogP contribution in [-0.4, -0.2) is 51.7 Å². The zero-order chi connectivity index (χ0) is 24.5. The molecule has 1 amide bonds. The molecule has 0 radical (unpaired) electrons. The van der Waals surface area contributed by atoms with Crippen LogP contribution < -0.4 is 14.2 Å². The molecule has 8 nitrogen and oxygen atoms in total. The third-order valence-corrected chi connectivity index (χ3v) is 6.58. The summed E-state index contributed by atoms with van der Waals surface area (Å²) < 4.78 is 17.4. The molecule has 0 aliphatic carbocycles. The van der Waals surface area contributed by atoms with E-state index in [1.54, 1.807) is 6.08 Å². The van der Waals surface area contributed by atoms with E-state index >= 15 is 0 Å². The van der Waals surface area contributed by atoms with Crippen molar-refractivity contribution >= 4 is 23.0 Å². The summed E-state index contributed by atoms with van der Waals surface area (Å²) in [5, 5.41) is 0.805. The quantitative estimate of drug-likeness (QED) is 0.413. The highest BCUT2D eigenvalue weighted by Crippen LogP contribution is 2.39. The first-order valence-corrected chi connectivity index (χ1v) is 12.1. The lowest BCUT2D eigenvalue weighted by atomic mass is 10.1. The van der Waals surface area contributed by atoms with E-state index < -0.39 is 0 Å². The maximum atomic E-state index is 12.9. The number of likely N-dealkylation sites (tertiary alicyclic amines) is 1. The van der Waals surface area contributed by atoms with Gasteiger partial charge in [-0.2, -0.15) is 0 Å². The maximum Gasteiger partial charge on any atom is 0.246 e. The van der Waals surface area contributed by atoms with Gasteiger partial charge in [-0.25, -0.2) is 9.97 Å². The molecule has 2 aliphatic rings. The van der Waals surface area contributed by atoms with E-state index in [0.29, 0.717) is 30.4 Å². The van der Waals surface area contributed by atoms with Crippen LogP contribution >= 0.6 is 0 Å². The topological polar surface area (TPSA) is 89.6 Å². The number of aryl methyl sites for hydroxylation is 1. The third-order valence-electron chi connectivity index (χ3n) is 6.58. The van der Waals surface area contributed by atoms with E-state index in [1.807, 2.05) is 66.6 Å². The van der Waals surface area contributed by atoms with Crippen LogP contribution in [0.1, 0.15) is 24.0 Å². The first-order valence-electron chi connectivity index (χ1n) is 12.1. The minimum Gasteiger partial charge on any atom is -0.472 e. The van der Waals surface area contributed by atoms with Gasteiger partial charge in [-0.15, -0.1) is 0 Å². The summed E-state index contributed by atoms with van der Waals surface area (Å²) in [6.07, 6.45) is 8.45. The van der Waals surface area contributed by atoms with Crippen molar-refractivity contribution in [2.75, 3.05) is 19.9 Å². The number of ether oxygens (including phenoxy) is 3. The summed E-state index contributed by atoms with van der Waals surface area (Å²) in [6, 6.07) is 13.9. The minimum atomic E-state index is -0.159. The average molecular weight is 483 g/mol. The monoisotopic (exact) mass is 482 g/mol. The summed E-state index contributed by atoms with van der Waals surface area (Å²) in [5.74, 6) is 1.93. The number of carbonyl (C=O) groups is 1. The molecule has 1 N–H and O–H groups in total. The van der Waals surface area contributed by atoms with Gasteiger partial charge in [0.25, 0.3) is 0 Å². The number of piperidine rings is 1. The molecule has 36 heavy (non-hydrogen) atoms. The molecule has 6 rings (SSSR count). The van der Waals surface area contributed by atoms with Gasteiger partial charge in [0, 0.05) is 24.4 Å². The molecule has 1 fully saturated rings. The predicted octanol–water partition coefficient (Wildman–Crippen LogP) is 4.75. The van der Waals surface area contributed by atoms with Crippen molar-refractivity contribution in [1.82, 2.24) is 19.9 Å². The van der Waals surface area contributed by atoms with Crippen molar-refractivity contribution in [3.8, 4) is 28.5 Å². The zero-order valence-corrected chi connectivity index (χ0v) is 19.9. The number of nitrogens with one attached hydrogen (secondary N) is 1. The Morgan fingerprint density at radius 3 is 2.89 bits per heavy atom. The SMILES string of the molecule is Cc1ccc(/C=C/C(=O)N2CCC[C@@H](Oc3ncnc4[nH]cc(-c5ccc6c(c5)OCO6)c34)C2)cc1. The molecule has 2 aliphatic heterocycles. The fourth-order valence-corrected chi connectivity index (χ4v) is 4.66. The predicted molar refractivity (Wildman–Crippen MR) is 136 cm³/mol. The number of fused-ring (bicyclic) bond motifs is 2. The lowest BCUT2D eigenvalue weighted by Gasteiger charge is -2.32. The van der Waals surface area contributed by atoms with Crippen LogP contribution in [0.15, 0.2) is 61.1 Å². The summed E-state index contributed by atoms with van der Waals surface area (Å²) in [4.78, 5) is 26.8. The maximum absolute atomic E-state index is 12.9. The number of aromatic amines is 1. The molecule has 0 spiro atoms. The molecule has 2 aromatic heterocycles. The van der Waals surface area contributed by atoms with Gasteiger partial charge in [0.05, 0.1) is 11.9 Å². The Hall–Kier alpha value is -4.33. The Morgan fingerprint density at radius 2 is 2.00 bits per heavy atom. The Kier molecular flexibility index (Phi) is 5.77. The second kappa shape index (κ2) is 9.37. The summed E-state index contributed by atoms with van der Waals surface area (Å²) >= 11 is 0. The lowest BCUT2D eigenvalue weighted by Crippen LogP contribution is -2.43. The molecule has 4 heterocycles. The normalized spacial score (nSPS) is 17.1. The first kappa shape index (κ1) is 22.2. The van der Waals surface area contributed by atoms with Crippen LogP contribution in [-0.2, 0) is 4.79 Å². The fourth-order valence-electron chi connectivity index (χ4n) is 4.66. The van der Waals surface area contributed by atoms with Crippen molar-refractivity contribution in [3.05, 3.63) is 72.2 Å². The first-order chi connectivity index (χ1) is 17.6. The van der Waals surface area contributed by atoms with E-state index in [-0.39, 0.29) is 18.8 Å². The van der Waals surface area contributed by atoms with Crippen molar-refractivity contribution in [1.29, 1.82) is 0 Å². The molecule has 4 aromatic rings. The van der Waals surface area contributed by atoms with E-state index in [0.717, 1.165) is 40.7 Å². The third kappa shape index (κ3) is 4.37. The number of benzene rings is 2. The van der Waals surface area contributed by atoms with E-state index in [9.17, 15) is 4.79 Å². The summed E-state index contributed by atoms with van der Waals surface area (Å²) in [6.45, 7) is 3.49. The number of hydrogen-bond acceptors (Lipinski definition) is 6. The number of H-pyrrole nitrogens is 1. The number of nitrogens with zero attached hydrogens (tertiary/aromatic N) is 3. The molecular weight excluding hydrogens is 456 g/mol. The molecule has 182 valence electrons. The summed E-state index contributed by atoms with van der Waals surface area (Å²) in [7, 11) is 0. The summed E-state index contributed by atoms with van der Waals surface area (Å²) in [5.41, 5.74) is 4.76. The Balaban J connectivity index is 1.21. The van der Waals surface area contributed by atoms with Gasteiger partial charge < -0.3 is 24.1 Å².